The molecule has 0 aliphatic rings. The van der Waals surface area contributed by atoms with Gasteiger partial charge in [-0.05, 0) is 50.1 Å². The maximum Gasteiger partial charge on any atom is 0.307 e. The van der Waals surface area contributed by atoms with E-state index in [1.165, 1.54) is 0 Å². The number of halogens is 1. The van der Waals surface area contributed by atoms with Crippen LogP contribution in [0.5, 0.6) is 0 Å². The van der Waals surface area contributed by atoms with Crippen molar-refractivity contribution in [1.82, 2.24) is 19.7 Å². The molecule has 3 aromatic rings. The van der Waals surface area contributed by atoms with Gasteiger partial charge in [-0.25, -0.2) is 9.97 Å². The number of hydrogen-bond acceptors (Lipinski definition) is 6. The molecule has 8 heteroatoms. The van der Waals surface area contributed by atoms with Crippen molar-refractivity contribution in [3.63, 3.8) is 0 Å². The van der Waals surface area contributed by atoms with Gasteiger partial charge < -0.3 is 10.1 Å². The molecule has 0 atom stereocenters. The van der Waals surface area contributed by atoms with Gasteiger partial charge in [-0.3, -0.25) is 9.48 Å². The summed E-state index contributed by atoms with van der Waals surface area (Å²) in [5.74, 6) is 1.13. The third-order valence-electron chi connectivity index (χ3n) is 4.05. The highest BCUT2D eigenvalue weighted by molar-refractivity contribution is 6.31. The van der Waals surface area contributed by atoms with E-state index in [1.807, 2.05) is 38.2 Å². The Morgan fingerprint density at radius 3 is 2.79 bits per heavy atom. The van der Waals surface area contributed by atoms with Gasteiger partial charge in [0.1, 0.15) is 11.6 Å². The third-order valence-corrected chi connectivity index (χ3v) is 4.45. The number of nitrogens with zero attached hydrogens (tertiary/aromatic N) is 4. The highest BCUT2D eigenvalue weighted by atomic mass is 35.5. The number of pyridine rings is 2. The second-order valence-corrected chi connectivity index (χ2v) is 6.81. The summed E-state index contributed by atoms with van der Waals surface area (Å²) in [5.41, 5.74) is 3.65. The molecule has 0 spiro atoms. The number of rotatable bonds is 7. The first-order valence-electron chi connectivity index (χ1n) is 9.01. The van der Waals surface area contributed by atoms with Crippen molar-refractivity contribution in [3.8, 4) is 11.3 Å². The SMILES string of the molecule is CCOC(=O)CCn1cc(-c2cc(C)cc(Nc3cc(C)c(Cl)cn3)n2)cn1. The summed E-state index contributed by atoms with van der Waals surface area (Å²) in [6, 6.07) is 5.80. The van der Waals surface area contributed by atoms with Gasteiger partial charge in [-0.15, -0.1) is 0 Å². The van der Waals surface area contributed by atoms with Crippen molar-refractivity contribution in [3.05, 3.63) is 52.9 Å². The molecule has 0 amide bonds. The Hall–Kier alpha value is -2.93. The predicted molar refractivity (Wildman–Crippen MR) is 109 cm³/mol. The molecule has 3 aromatic heterocycles. The van der Waals surface area contributed by atoms with E-state index in [4.69, 9.17) is 16.3 Å². The second kappa shape index (κ2) is 8.84. The quantitative estimate of drug-likeness (QED) is 0.596. The van der Waals surface area contributed by atoms with Crippen LogP contribution in [0, 0.1) is 13.8 Å². The minimum absolute atomic E-state index is 0.231. The molecule has 0 aliphatic carbocycles. The van der Waals surface area contributed by atoms with Gasteiger partial charge in [0, 0.05) is 18.0 Å². The summed E-state index contributed by atoms with van der Waals surface area (Å²) in [5, 5.41) is 8.15. The summed E-state index contributed by atoms with van der Waals surface area (Å²) < 4.78 is 6.66. The number of ether oxygens (including phenoxy) is 1. The first-order chi connectivity index (χ1) is 13.4. The minimum Gasteiger partial charge on any atom is -0.466 e. The summed E-state index contributed by atoms with van der Waals surface area (Å²) in [6.45, 7) is 6.56. The standard InChI is InChI=1S/C20H22ClN5O2/c1-4-28-20(27)5-6-26-12-15(10-23-26)17-7-13(2)8-19(24-17)25-18-9-14(3)16(21)11-22-18/h7-12H,4-6H2,1-3H3,(H,22,24,25). The Labute approximate surface area is 168 Å². The van der Waals surface area contributed by atoms with Crippen LogP contribution in [0.15, 0.2) is 36.8 Å². The number of aryl methyl sites for hydroxylation is 3. The normalized spacial score (nSPS) is 10.7. The lowest BCUT2D eigenvalue weighted by atomic mass is 10.2. The number of carbonyl (C=O) groups is 1. The van der Waals surface area contributed by atoms with E-state index >= 15 is 0 Å². The van der Waals surface area contributed by atoms with E-state index < -0.39 is 0 Å². The van der Waals surface area contributed by atoms with Crippen LogP contribution in [0.25, 0.3) is 11.3 Å². The molecular formula is C20H22ClN5O2. The molecule has 0 aromatic carbocycles. The third kappa shape index (κ3) is 5.07. The number of aromatic nitrogens is 4. The molecule has 0 saturated heterocycles. The Bertz CT molecular complexity index is 986. The van der Waals surface area contributed by atoms with Crippen LogP contribution in [0.2, 0.25) is 5.02 Å². The largest absolute Gasteiger partial charge is 0.466 e. The number of nitrogens with one attached hydrogen (secondary N) is 1. The average Bonchev–Trinajstić information content (AvgIpc) is 3.12. The molecule has 0 bridgehead atoms. The number of hydrogen-bond donors (Lipinski definition) is 1. The molecule has 0 aliphatic heterocycles. The lowest BCUT2D eigenvalue weighted by molar-refractivity contribution is -0.143. The van der Waals surface area contributed by atoms with E-state index in [-0.39, 0.29) is 12.4 Å². The van der Waals surface area contributed by atoms with Crippen LogP contribution in [0.1, 0.15) is 24.5 Å². The monoisotopic (exact) mass is 399 g/mol. The Balaban J connectivity index is 1.76. The topological polar surface area (TPSA) is 81.9 Å². The molecule has 0 unspecified atom stereocenters. The van der Waals surface area contributed by atoms with Crippen molar-refractivity contribution in [2.75, 3.05) is 11.9 Å². The molecule has 28 heavy (non-hydrogen) atoms. The smallest absolute Gasteiger partial charge is 0.307 e. The molecule has 1 N–H and O–H groups in total. The van der Waals surface area contributed by atoms with Gasteiger partial charge in [0.05, 0.1) is 36.5 Å². The lowest BCUT2D eigenvalue weighted by Gasteiger charge is -2.09. The van der Waals surface area contributed by atoms with Gasteiger partial charge in [-0.1, -0.05) is 11.6 Å². The second-order valence-electron chi connectivity index (χ2n) is 6.41. The molecule has 0 saturated carbocycles. The fraction of sp³-hybridized carbons (Fsp3) is 0.300. The lowest BCUT2D eigenvalue weighted by Crippen LogP contribution is -2.09. The van der Waals surface area contributed by atoms with E-state index in [1.54, 1.807) is 24.0 Å². The minimum atomic E-state index is -0.231. The molecule has 0 radical (unpaired) electrons. The molecule has 7 nitrogen and oxygen atoms in total. The molecule has 3 heterocycles. The van der Waals surface area contributed by atoms with Crippen LogP contribution in [0.3, 0.4) is 0 Å². The van der Waals surface area contributed by atoms with Gasteiger partial charge in [0.25, 0.3) is 0 Å². The Morgan fingerprint density at radius 2 is 2.04 bits per heavy atom. The summed E-state index contributed by atoms with van der Waals surface area (Å²) in [7, 11) is 0. The first kappa shape index (κ1) is 19.8. The van der Waals surface area contributed by atoms with Gasteiger partial charge in [0.15, 0.2) is 0 Å². The summed E-state index contributed by atoms with van der Waals surface area (Å²) >= 11 is 6.04. The predicted octanol–water partition coefficient (Wildman–Crippen LogP) is 4.31. The van der Waals surface area contributed by atoms with Crippen molar-refractivity contribution >= 4 is 29.2 Å². The average molecular weight is 400 g/mol. The fourth-order valence-corrected chi connectivity index (χ4v) is 2.78. The van der Waals surface area contributed by atoms with Gasteiger partial charge >= 0.3 is 5.97 Å². The van der Waals surface area contributed by atoms with E-state index in [9.17, 15) is 4.79 Å². The molecule has 0 fully saturated rings. The highest BCUT2D eigenvalue weighted by Gasteiger charge is 2.09. The number of anilines is 2. The summed E-state index contributed by atoms with van der Waals surface area (Å²) in [6.07, 6.45) is 5.50. The van der Waals surface area contributed by atoms with Crippen LogP contribution in [0.4, 0.5) is 11.6 Å². The number of esters is 1. The Kier molecular flexibility index (Phi) is 6.26. The molecule has 146 valence electrons. The van der Waals surface area contributed by atoms with Crippen molar-refractivity contribution < 1.29 is 9.53 Å². The number of carbonyl (C=O) groups excluding carboxylic acids is 1. The zero-order valence-electron chi connectivity index (χ0n) is 16.1. The van der Waals surface area contributed by atoms with Gasteiger partial charge in [-0.2, -0.15) is 5.10 Å². The Morgan fingerprint density at radius 1 is 1.21 bits per heavy atom. The molecule has 3 rings (SSSR count). The van der Waals surface area contributed by atoms with Crippen molar-refractivity contribution in [1.29, 1.82) is 0 Å². The first-order valence-corrected chi connectivity index (χ1v) is 9.38. The van der Waals surface area contributed by atoms with Crippen molar-refractivity contribution in [2.45, 2.75) is 33.7 Å². The van der Waals surface area contributed by atoms with Crippen LogP contribution in [-0.4, -0.2) is 32.3 Å². The van der Waals surface area contributed by atoms with Gasteiger partial charge in [0.2, 0.25) is 0 Å². The zero-order chi connectivity index (χ0) is 20.1. The van der Waals surface area contributed by atoms with Crippen LogP contribution >= 0.6 is 11.6 Å². The zero-order valence-corrected chi connectivity index (χ0v) is 16.8. The van der Waals surface area contributed by atoms with Crippen LogP contribution < -0.4 is 5.32 Å². The maximum atomic E-state index is 11.5. The van der Waals surface area contributed by atoms with Crippen molar-refractivity contribution in [2.24, 2.45) is 0 Å². The van der Waals surface area contributed by atoms with E-state index in [0.717, 1.165) is 22.4 Å². The van der Waals surface area contributed by atoms with E-state index in [0.29, 0.717) is 29.8 Å². The van der Waals surface area contributed by atoms with Crippen LogP contribution in [-0.2, 0) is 16.1 Å². The van der Waals surface area contributed by atoms with E-state index in [2.05, 4.69) is 20.4 Å². The fourth-order valence-electron chi connectivity index (χ4n) is 2.68. The maximum absolute atomic E-state index is 11.5. The highest BCUT2D eigenvalue weighted by Crippen LogP contribution is 2.24. The summed E-state index contributed by atoms with van der Waals surface area (Å²) in [4.78, 5) is 20.4. The molecular weight excluding hydrogens is 378 g/mol.